The first-order valence-corrected chi connectivity index (χ1v) is 11.9. The summed E-state index contributed by atoms with van der Waals surface area (Å²) in [4.78, 5) is 18.3. The van der Waals surface area contributed by atoms with Crippen molar-refractivity contribution in [3.05, 3.63) is 99.4 Å². The summed E-state index contributed by atoms with van der Waals surface area (Å²) in [5, 5.41) is 5.34. The largest absolute Gasteiger partial charge is 0.344 e. The van der Waals surface area contributed by atoms with Crippen LogP contribution < -0.4 is 5.56 Å². The van der Waals surface area contributed by atoms with E-state index in [1.165, 1.54) is 30.5 Å². The maximum absolute atomic E-state index is 13.4. The maximum Gasteiger partial charge on any atom is 0.282 e. The van der Waals surface area contributed by atoms with E-state index in [2.05, 4.69) is 48.7 Å². The number of hydrogen-bond donors (Lipinski definition) is 0. The predicted octanol–water partition coefficient (Wildman–Crippen LogP) is 5.79. The third-order valence-electron chi connectivity index (χ3n) is 6.86. The Balaban J connectivity index is 1.55. The van der Waals surface area contributed by atoms with Crippen molar-refractivity contribution < 1.29 is 0 Å². The molecule has 2 aromatic carbocycles. The van der Waals surface area contributed by atoms with Crippen LogP contribution in [0, 0.1) is 13.8 Å². The van der Waals surface area contributed by atoms with Crippen LogP contribution in [0.2, 0.25) is 0 Å². The van der Waals surface area contributed by atoms with Gasteiger partial charge in [0.15, 0.2) is 0 Å². The van der Waals surface area contributed by atoms with Crippen molar-refractivity contribution in [1.29, 1.82) is 0 Å². The molecule has 2 heterocycles. The highest BCUT2D eigenvalue weighted by atomic mass is 16.1. The highest BCUT2D eigenvalue weighted by molar-refractivity contribution is 5.82. The lowest BCUT2D eigenvalue weighted by Crippen LogP contribution is -2.25. The van der Waals surface area contributed by atoms with Gasteiger partial charge in [0.2, 0.25) is 0 Å². The van der Waals surface area contributed by atoms with Crippen LogP contribution in [0.25, 0.3) is 10.9 Å². The zero-order chi connectivity index (χ0) is 22.8. The summed E-state index contributed by atoms with van der Waals surface area (Å²) in [6.45, 7) is 5.04. The lowest BCUT2D eigenvalue weighted by molar-refractivity contribution is 0.416. The second kappa shape index (κ2) is 9.18. The zero-order valence-corrected chi connectivity index (χ0v) is 19.4. The SMILES string of the molecule is Cc1cc(C=Nn2c(C3CCCCC3)nc3ccccc3c2=O)c(C)n1Cc1ccccc1. The second-order valence-electron chi connectivity index (χ2n) is 9.08. The highest BCUT2D eigenvalue weighted by Crippen LogP contribution is 2.31. The van der Waals surface area contributed by atoms with Gasteiger partial charge in [0.05, 0.1) is 17.1 Å². The van der Waals surface area contributed by atoms with Crippen LogP contribution in [-0.2, 0) is 6.54 Å². The normalized spacial score (nSPS) is 15.0. The molecule has 4 aromatic rings. The molecule has 0 bridgehead atoms. The summed E-state index contributed by atoms with van der Waals surface area (Å²) in [6.07, 6.45) is 7.56. The van der Waals surface area contributed by atoms with E-state index in [0.29, 0.717) is 5.39 Å². The first kappa shape index (κ1) is 21.4. The van der Waals surface area contributed by atoms with Crippen molar-refractivity contribution in [2.45, 2.75) is 58.4 Å². The van der Waals surface area contributed by atoms with Crippen molar-refractivity contribution in [3.63, 3.8) is 0 Å². The van der Waals surface area contributed by atoms with E-state index in [9.17, 15) is 4.79 Å². The quantitative estimate of drug-likeness (QED) is 0.370. The summed E-state index contributed by atoms with van der Waals surface area (Å²) in [6, 6.07) is 20.2. The van der Waals surface area contributed by atoms with Gasteiger partial charge >= 0.3 is 0 Å². The smallest absolute Gasteiger partial charge is 0.282 e. The Morgan fingerprint density at radius 3 is 2.52 bits per heavy atom. The Labute approximate surface area is 194 Å². The number of para-hydroxylation sites is 1. The number of hydrogen-bond acceptors (Lipinski definition) is 3. The van der Waals surface area contributed by atoms with Crippen LogP contribution in [-0.4, -0.2) is 20.4 Å². The number of rotatable bonds is 5. The van der Waals surface area contributed by atoms with Gasteiger partial charge in [0, 0.05) is 29.4 Å². The van der Waals surface area contributed by atoms with Crippen LogP contribution in [0.5, 0.6) is 0 Å². The molecule has 0 radical (unpaired) electrons. The highest BCUT2D eigenvalue weighted by Gasteiger charge is 2.22. The molecular weight excluding hydrogens is 408 g/mol. The molecule has 1 saturated carbocycles. The molecule has 0 N–H and O–H groups in total. The number of aryl methyl sites for hydroxylation is 1. The van der Waals surface area contributed by atoms with Gasteiger partial charge in [-0.3, -0.25) is 4.79 Å². The van der Waals surface area contributed by atoms with E-state index in [1.807, 2.05) is 36.5 Å². The van der Waals surface area contributed by atoms with Gasteiger partial charge < -0.3 is 4.57 Å². The predicted molar refractivity (Wildman–Crippen MR) is 134 cm³/mol. The van der Waals surface area contributed by atoms with Crippen molar-refractivity contribution in [2.24, 2.45) is 5.10 Å². The molecule has 5 heteroatoms. The Morgan fingerprint density at radius 2 is 1.73 bits per heavy atom. The van der Waals surface area contributed by atoms with Crippen LogP contribution in [0.4, 0.5) is 0 Å². The molecule has 0 atom stereocenters. The van der Waals surface area contributed by atoms with Crippen molar-refractivity contribution in [3.8, 4) is 0 Å². The second-order valence-corrected chi connectivity index (χ2v) is 9.08. The molecule has 2 aromatic heterocycles. The third kappa shape index (κ3) is 4.28. The van der Waals surface area contributed by atoms with Gasteiger partial charge in [-0.2, -0.15) is 9.78 Å². The summed E-state index contributed by atoms with van der Waals surface area (Å²) >= 11 is 0. The fraction of sp³-hybridized carbons (Fsp3) is 0.321. The molecule has 0 aliphatic heterocycles. The van der Waals surface area contributed by atoms with Gasteiger partial charge in [-0.15, -0.1) is 0 Å². The van der Waals surface area contributed by atoms with Crippen molar-refractivity contribution in [1.82, 2.24) is 14.2 Å². The summed E-state index contributed by atoms with van der Waals surface area (Å²) in [5.74, 6) is 1.08. The van der Waals surface area contributed by atoms with E-state index >= 15 is 0 Å². The van der Waals surface area contributed by atoms with E-state index in [4.69, 9.17) is 10.1 Å². The van der Waals surface area contributed by atoms with Crippen LogP contribution in [0.3, 0.4) is 0 Å². The van der Waals surface area contributed by atoms with Gasteiger partial charge in [-0.05, 0) is 50.5 Å². The molecule has 1 aliphatic rings. The molecule has 0 spiro atoms. The molecule has 1 fully saturated rings. The van der Waals surface area contributed by atoms with Crippen molar-refractivity contribution in [2.75, 3.05) is 0 Å². The van der Waals surface area contributed by atoms with Gasteiger partial charge in [0.1, 0.15) is 5.82 Å². The Kier molecular flexibility index (Phi) is 5.95. The molecule has 168 valence electrons. The fourth-order valence-electron chi connectivity index (χ4n) is 4.97. The number of nitrogens with zero attached hydrogens (tertiary/aromatic N) is 4. The molecule has 0 unspecified atom stereocenters. The van der Waals surface area contributed by atoms with Crippen LogP contribution in [0.15, 0.2) is 70.6 Å². The first-order chi connectivity index (χ1) is 16.1. The maximum atomic E-state index is 13.4. The minimum Gasteiger partial charge on any atom is -0.344 e. The Morgan fingerprint density at radius 1 is 1.00 bits per heavy atom. The molecule has 33 heavy (non-hydrogen) atoms. The average molecular weight is 439 g/mol. The van der Waals surface area contributed by atoms with Gasteiger partial charge in [0.25, 0.3) is 5.56 Å². The average Bonchev–Trinajstić information content (AvgIpc) is 3.12. The molecule has 0 saturated heterocycles. The first-order valence-electron chi connectivity index (χ1n) is 11.9. The number of aromatic nitrogens is 3. The summed E-state index contributed by atoms with van der Waals surface area (Å²) in [7, 11) is 0. The molecule has 1 aliphatic carbocycles. The molecular formula is C28H30N4O. The van der Waals surface area contributed by atoms with Crippen LogP contribution in [0.1, 0.15) is 66.4 Å². The minimum absolute atomic E-state index is 0.0875. The van der Waals surface area contributed by atoms with Crippen molar-refractivity contribution >= 4 is 17.1 Å². The van der Waals surface area contributed by atoms with Gasteiger partial charge in [-0.1, -0.05) is 61.7 Å². The zero-order valence-electron chi connectivity index (χ0n) is 19.4. The number of benzene rings is 2. The fourth-order valence-corrected chi connectivity index (χ4v) is 4.97. The lowest BCUT2D eigenvalue weighted by Gasteiger charge is -2.22. The summed E-state index contributed by atoms with van der Waals surface area (Å²) < 4.78 is 3.85. The summed E-state index contributed by atoms with van der Waals surface area (Å²) in [5.41, 5.74) is 5.27. The minimum atomic E-state index is -0.0875. The lowest BCUT2D eigenvalue weighted by atomic mass is 9.88. The monoisotopic (exact) mass is 438 g/mol. The molecule has 5 nitrogen and oxygen atoms in total. The molecule has 0 amide bonds. The van der Waals surface area contributed by atoms with Gasteiger partial charge in [-0.25, -0.2) is 4.98 Å². The van der Waals surface area contributed by atoms with Crippen LogP contribution >= 0.6 is 0 Å². The third-order valence-corrected chi connectivity index (χ3v) is 6.86. The Hall–Kier alpha value is -3.47. The van der Waals surface area contributed by atoms with E-state index in [1.54, 1.807) is 4.68 Å². The number of fused-ring (bicyclic) bond motifs is 1. The Bertz CT molecular complexity index is 1360. The van der Waals surface area contributed by atoms with E-state index in [-0.39, 0.29) is 11.5 Å². The van der Waals surface area contributed by atoms with E-state index in [0.717, 1.165) is 42.0 Å². The molecule has 5 rings (SSSR count). The standard InChI is InChI=1S/C28H30N4O/c1-20-17-24(21(2)31(20)19-22-11-5-3-6-12-22)18-29-32-27(23-13-7-4-8-14-23)30-26-16-10-9-15-25(26)28(32)33/h3,5-6,9-12,15-18,23H,4,7-8,13-14,19H2,1-2H3. The van der Waals surface area contributed by atoms with E-state index < -0.39 is 0 Å². The topological polar surface area (TPSA) is 52.2 Å².